The first-order valence-electron chi connectivity index (χ1n) is 6.47. The number of nitrogens with zero attached hydrogens (tertiary/aromatic N) is 1. The molecule has 0 fully saturated rings. The van der Waals surface area contributed by atoms with Gasteiger partial charge >= 0.3 is 6.41 Å². The summed E-state index contributed by atoms with van der Waals surface area (Å²) in [6.07, 6.45) is 12.0. The molecular formula is C13H26NO. The van der Waals surface area contributed by atoms with E-state index >= 15 is 0 Å². The Kier molecular flexibility index (Phi) is 11.1. The summed E-state index contributed by atoms with van der Waals surface area (Å²) in [5.74, 6) is 0. The third kappa shape index (κ3) is 9.77. The summed E-state index contributed by atoms with van der Waals surface area (Å²) in [4.78, 5) is 12.4. The second-order valence-corrected chi connectivity index (χ2v) is 4.20. The highest BCUT2D eigenvalue weighted by Crippen LogP contribution is 2.05. The zero-order valence-corrected chi connectivity index (χ0v) is 10.4. The summed E-state index contributed by atoms with van der Waals surface area (Å²) in [6, 6.07) is 0. The fourth-order valence-corrected chi connectivity index (χ4v) is 1.64. The summed E-state index contributed by atoms with van der Waals surface area (Å²) in [6.45, 7) is 6.16. The summed E-state index contributed by atoms with van der Waals surface area (Å²) < 4.78 is 0. The lowest BCUT2D eigenvalue weighted by atomic mass is 10.1. The van der Waals surface area contributed by atoms with E-state index in [0.717, 1.165) is 32.4 Å². The smallest absolute Gasteiger partial charge is 0.312 e. The van der Waals surface area contributed by atoms with Gasteiger partial charge in [-0.3, -0.25) is 4.79 Å². The van der Waals surface area contributed by atoms with Crippen molar-refractivity contribution in [1.29, 1.82) is 0 Å². The fraction of sp³-hybridized carbons (Fsp3) is 0.923. The van der Waals surface area contributed by atoms with E-state index in [1.165, 1.54) is 32.1 Å². The van der Waals surface area contributed by atoms with E-state index in [2.05, 4.69) is 13.8 Å². The standard InChI is InChI=1S/C13H26NO/c1-3-5-7-8-9-10-12-14(13-15)11-6-4-2/h3-12H2,1-2H3. The quantitative estimate of drug-likeness (QED) is 0.379. The number of carbonyl (C=O) groups excluding carboxylic acids is 1. The third-order valence-electron chi connectivity index (χ3n) is 2.69. The molecular weight excluding hydrogens is 186 g/mol. The van der Waals surface area contributed by atoms with Crippen molar-refractivity contribution in [1.82, 2.24) is 4.90 Å². The van der Waals surface area contributed by atoms with Crippen LogP contribution in [0.5, 0.6) is 0 Å². The van der Waals surface area contributed by atoms with Gasteiger partial charge in [0.1, 0.15) is 0 Å². The second kappa shape index (κ2) is 11.5. The van der Waals surface area contributed by atoms with E-state index in [1.54, 1.807) is 4.90 Å². The van der Waals surface area contributed by atoms with Crippen LogP contribution in [0.4, 0.5) is 0 Å². The van der Waals surface area contributed by atoms with Crippen LogP contribution in [0.2, 0.25) is 0 Å². The maximum absolute atomic E-state index is 10.6. The Morgan fingerprint density at radius 3 is 1.93 bits per heavy atom. The topological polar surface area (TPSA) is 20.3 Å². The molecule has 0 aromatic heterocycles. The Hall–Kier alpha value is -0.530. The van der Waals surface area contributed by atoms with Crippen molar-refractivity contribution in [2.24, 2.45) is 0 Å². The highest BCUT2D eigenvalue weighted by atomic mass is 16.1. The van der Waals surface area contributed by atoms with Crippen LogP contribution in [0.3, 0.4) is 0 Å². The molecule has 1 radical (unpaired) electrons. The Labute approximate surface area is 95.0 Å². The molecule has 2 heteroatoms. The van der Waals surface area contributed by atoms with E-state index in [0.29, 0.717) is 0 Å². The zero-order chi connectivity index (χ0) is 11.4. The fourth-order valence-electron chi connectivity index (χ4n) is 1.64. The summed E-state index contributed by atoms with van der Waals surface area (Å²) in [5.41, 5.74) is 0. The molecule has 1 amide bonds. The minimum atomic E-state index is 0.884. The number of hydrogen-bond donors (Lipinski definition) is 0. The molecule has 0 aromatic rings. The zero-order valence-electron chi connectivity index (χ0n) is 10.4. The van der Waals surface area contributed by atoms with Gasteiger partial charge in [0.15, 0.2) is 0 Å². The molecule has 0 aliphatic heterocycles. The van der Waals surface area contributed by atoms with Gasteiger partial charge in [-0.05, 0) is 12.8 Å². The van der Waals surface area contributed by atoms with Crippen molar-refractivity contribution in [3.05, 3.63) is 0 Å². The monoisotopic (exact) mass is 212 g/mol. The van der Waals surface area contributed by atoms with Crippen molar-refractivity contribution < 1.29 is 4.79 Å². The van der Waals surface area contributed by atoms with Gasteiger partial charge in [0.05, 0.1) is 0 Å². The molecule has 0 heterocycles. The molecule has 0 atom stereocenters. The van der Waals surface area contributed by atoms with Gasteiger partial charge in [0, 0.05) is 13.1 Å². The highest BCUT2D eigenvalue weighted by Gasteiger charge is 2.00. The van der Waals surface area contributed by atoms with Crippen LogP contribution in [0.1, 0.15) is 65.2 Å². The van der Waals surface area contributed by atoms with E-state index in [1.807, 2.05) is 6.41 Å². The summed E-state index contributed by atoms with van der Waals surface area (Å²) in [7, 11) is 0. The molecule has 0 rings (SSSR count). The Balaban J connectivity index is 3.26. The molecule has 15 heavy (non-hydrogen) atoms. The molecule has 0 N–H and O–H groups in total. The van der Waals surface area contributed by atoms with Gasteiger partial charge < -0.3 is 4.90 Å². The Morgan fingerprint density at radius 1 is 0.800 bits per heavy atom. The molecule has 2 nitrogen and oxygen atoms in total. The van der Waals surface area contributed by atoms with Crippen molar-refractivity contribution >= 4 is 6.41 Å². The first-order valence-corrected chi connectivity index (χ1v) is 6.47. The normalized spacial score (nSPS) is 10.3. The molecule has 0 spiro atoms. The lowest BCUT2D eigenvalue weighted by Crippen LogP contribution is -2.24. The van der Waals surface area contributed by atoms with Gasteiger partial charge in [0.25, 0.3) is 0 Å². The highest BCUT2D eigenvalue weighted by molar-refractivity contribution is 5.47. The van der Waals surface area contributed by atoms with Crippen molar-refractivity contribution in [2.75, 3.05) is 13.1 Å². The summed E-state index contributed by atoms with van der Waals surface area (Å²) in [5, 5.41) is 0. The van der Waals surface area contributed by atoms with Crippen LogP contribution in [0.25, 0.3) is 0 Å². The minimum Gasteiger partial charge on any atom is -0.334 e. The molecule has 89 valence electrons. The van der Waals surface area contributed by atoms with Crippen LogP contribution >= 0.6 is 0 Å². The lowest BCUT2D eigenvalue weighted by molar-refractivity contribution is 0.361. The first kappa shape index (κ1) is 14.5. The molecule has 0 aliphatic rings. The van der Waals surface area contributed by atoms with Crippen LogP contribution in [-0.4, -0.2) is 24.4 Å². The number of hydrogen-bond acceptors (Lipinski definition) is 1. The predicted octanol–water partition coefficient (Wildman–Crippen LogP) is 3.52. The van der Waals surface area contributed by atoms with Crippen LogP contribution in [0, 0.1) is 0 Å². The molecule has 0 aliphatic carbocycles. The molecule has 0 saturated heterocycles. The average molecular weight is 212 g/mol. The number of amides is 1. The van der Waals surface area contributed by atoms with Crippen molar-refractivity contribution in [3.63, 3.8) is 0 Å². The molecule has 0 saturated carbocycles. The maximum atomic E-state index is 10.6. The summed E-state index contributed by atoms with van der Waals surface area (Å²) >= 11 is 0. The third-order valence-corrected chi connectivity index (χ3v) is 2.69. The van der Waals surface area contributed by atoms with E-state index < -0.39 is 0 Å². The molecule has 0 aromatic carbocycles. The minimum absolute atomic E-state index is 0.884. The SMILES string of the molecule is CCCCCCCCN([C]=O)CCCC. The number of unbranched alkanes of at least 4 members (excludes halogenated alkanes) is 6. The van der Waals surface area contributed by atoms with Crippen LogP contribution in [0.15, 0.2) is 0 Å². The van der Waals surface area contributed by atoms with Gasteiger partial charge in [-0.1, -0.05) is 52.4 Å². The lowest BCUT2D eigenvalue weighted by Gasteiger charge is -2.15. The van der Waals surface area contributed by atoms with E-state index in [9.17, 15) is 4.79 Å². The maximum Gasteiger partial charge on any atom is 0.312 e. The van der Waals surface area contributed by atoms with Gasteiger partial charge in [0.2, 0.25) is 0 Å². The first-order chi connectivity index (χ1) is 7.35. The Bertz CT molecular complexity index is 136. The number of rotatable bonds is 11. The molecule has 0 bridgehead atoms. The predicted molar refractivity (Wildman–Crippen MR) is 65.6 cm³/mol. The van der Waals surface area contributed by atoms with E-state index in [4.69, 9.17) is 0 Å². The van der Waals surface area contributed by atoms with Crippen molar-refractivity contribution in [2.45, 2.75) is 65.2 Å². The average Bonchev–Trinajstić information content (AvgIpc) is 2.27. The Morgan fingerprint density at radius 2 is 1.33 bits per heavy atom. The molecule has 0 unspecified atom stereocenters. The second-order valence-electron chi connectivity index (χ2n) is 4.20. The van der Waals surface area contributed by atoms with Gasteiger partial charge in [-0.2, -0.15) is 0 Å². The van der Waals surface area contributed by atoms with Gasteiger partial charge in [-0.15, -0.1) is 0 Å². The van der Waals surface area contributed by atoms with Gasteiger partial charge in [-0.25, -0.2) is 0 Å². The van der Waals surface area contributed by atoms with Crippen molar-refractivity contribution in [3.8, 4) is 0 Å². The largest absolute Gasteiger partial charge is 0.334 e. The van der Waals surface area contributed by atoms with Crippen LogP contribution in [-0.2, 0) is 4.79 Å². The van der Waals surface area contributed by atoms with Crippen LogP contribution < -0.4 is 0 Å². The van der Waals surface area contributed by atoms with E-state index in [-0.39, 0.29) is 0 Å².